The summed E-state index contributed by atoms with van der Waals surface area (Å²) in [5.41, 5.74) is 3.82. The third-order valence-electron chi connectivity index (χ3n) is 7.90. The number of carbonyl (C=O) groups excluding carboxylic acids is 3. The normalized spacial score (nSPS) is 13.6. The number of carbonyl (C=O) groups is 3. The number of amides is 3. The van der Waals surface area contributed by atoms with Gasteiger partial charge in [0.05, 0.1) is 25.0 Å². The lowest BCUT2D eigenvalue weighted by molar-refractivity contribution is -0.140. The number of nitrogens with zero attached hydrogens (tertiary/aromatic N) is 7. The molecule has 1 aliphatic rings. The number of aromatic nitrogens is 3. The Balaban J connectivity index is 1.22. The highest BCUT2D eigenvalue weighted by Crippen LogP contribution is 2.28. The van der Waals surface area contributed by atoms with Gasteiger partial charge in [0.1, 0.15) is 5.75 Å². The Bertz CT molecular complexity index is 1720. The minimum Gasteiger partial charge on any atom is -0.435 e. The third-order valence-corrected chi connectivity index (χ3v) is 7.90. The Morgan fingerprint density at radius 1 is 0.978 bits per heavy atom. The highest BCUT2D eigenvalue weighted by atomic mass is 19.3. The van der Waals surface area contributed by atoms with Crippen LogP contribution in [0.1, 0.15) is 15.9 Å². The fraction of sp³-hybridized carbons (Fsp3) is 0.344. The second-order valence-electron chi connectivity index (χ2n) is 11.3. The van der Waals surface area contributed by atoms with Crippen LogP contribution in [0.25, 0.3) is 16.9 Å². The van der Waals surface area contributed by atoms with E-state index in [0.717, 1.165) is 24.3 Å². The summed E-state index contributed by atoms with van der Waals surface area (Å²) in [6, 6.07) is 11.5. The number of ether oxygens (including phenoxy) is 1. The summed E-state index contributed by atoms with van der Waals surface area (Å²) < 4.78 is 31.3. The van der Waals surface area contributed by atoms with E-state index in [0.29, 0.717) is 41.4 Å². The quantitative estimate of drug-likeness (QED) is 0.283. The predicted molar refractivity (Wildman–Crippen MR) is 168 cm³/mol. The van der Waals surface area contributed by atoms with Crippen LogP contribution in [0.3, 0.4) is 0 Å². The summed E-state index contributed by atoms with van der Waals surface area (Å²) in [5, 5.41) is 3.25. The zero-order chi connectivity index (χ0) is 33.0. The van der Waals surface area contributed by atoms with Gasteiger partial charge < -0.3 is 29.7 Å². The maximum Gasteiger partial charge on any atom is 0.387 e. The Morgan fingerprint density at radius 2 is 1.70 bits per heavy atom. The van der Waals surface area contributed by atoms with Crippen molar-refractivity contribution in [1.29, 1.82) is 0 Å². The molecule has 0 aliphatic carbocycles. The summed E-state index contributed by atoms with van der Waals surface area (Å²) in [6.07, 6.45) is 5.02. The van der Waals surface area contributed by atoms with Gasteiger partial charge >= 0.3 is 6.61 Å². The Hall–Kier alpha value is -5.11. The monoisotopic (exact) mass is 634 g/mol. The number of hydrogen-bond acceptors (Lipinski definition) is 8. The van der Waals surface area contributed by atoms with Crippen LogP contribution in [-0.2, 0) is 9.59 Å². The molecule has 2 aromatic carbocycles. The van der Waals surface area contributed by atoms with Crippen molar-refractivity contribution in [3.8, 4) is 17.0 Å². The number of likely N-dealkylation sites (N-methyl/N-ethyl adjacent to an activating group) is 3. The van der Waals surface area contributed by atoms with Crippen molar-refractivity contribution in [3.63, 3.8) is 0 Å². The molecule has 4 aromatic rings. The maximum absolute atomic E-state index is 13.3. The molecule has 5 rings (SSSR count). The van der Waals surface area contributed by atoms with E-state index in [1.165, 1.54) is 21.9 Å². The first kappa shape index (κ1) is 32.3. The molecule has 1 saturated heterocycles. The molecule has 0 bridgehead atoms. The first-order chi connectivity index (χ1) is 22.0. The fourth-order valence-corrected chi connectivity index (χ4v) is 5.19. The Kier molecular flexibility index (Phi) is 9.75. The fourth-order valence-electron chi connectivity index (χ4n) is 5.19. The van der Waals surface area contributed by atoms with Crippen molar-refractivity contribution in [1.82, 2.24) is 34.0 Å². The minimum absolute atomic E-state index is 0.0364. The van der Waals surface area contributed by atoms with Crippen LogP contribution in [0.4, 0.5) is 20.3 Å². The number of hydrogen-bond donors (Lipinski definition) is 1. The van der Waals surface area contributed by atoms with Gasteiger partial charge in [0.2, 0.25) is 11.8 Å². The molecule has 0 spiro atoms. The van der Waals surface area contributed by atoms with Gasteiger partial charge in [-0.25, -0.2) is 9.97 Å². The van der Waals surface area contributed by atoms with Crippen LogP contribution < -0.4 is 10.1 Å². The predicted octanol–water partition coefficient (Wildman–Crippen LogP) is 3.35. The van der Waals surface area contributed by atoms with Crippen molar-refractivity contribution in [2.75, 3.05) is 65.7 Å². The lowest BCUT2D eigenvalue weighted by atomic mass is 10.1. The molecule has 3 amide bonds. The summed E-state index contributed by atoms with van der Waals surface area (Å²) in [5.74, 6) is -0.219. The molecular weight excluding hydrogens is 598 g/mol. The molecule has 242 valence electrons. The number of aryl methyl sites for hydroxylation is 1. The number of fused-ring (bicyclic) bond motifs is 1. The van der Waals surface area contributed by atoms with Gasteiger partial charge in [-0.05, 0) is 62.0 Å². The second kappa shape index (κ2) is 13.9. The van der Waals surface area contributed by atoms with Crippen molar-refractivity contribution in [2.24, 2.45) is 0 Å². The van der Waals surface area contributed by atoms with Crippen LogP contribution in [0, 0.1) is 6.92 Å². The van der Waals surface area contributed by atoms with Crippen LogP contribution in [-0.4, -0.2) is 119 Å². The number of halogens is 2. The van der Waals surface area contributed by atoms with Crippen LogP contribution >= 0.6 is 0 Å². The zero-order valence-electron chi connectivity index (χ0n) is 26.1. The number of piperazine rings is 1. The third kappa shape index (κ3) is 7.40. The van der Waals surface area contributed by atoms with Gasteiger partial charge in [-0.3, -0.25) is 18.8 Å². The molecule has 0 unspecified atom stereocenters. The van der Waals surface area contributed by atoms with Crippen molar-refractivity contribution >= 4 is 34.9 Å². The van der Waals surface area contributed by atoms with Gasteiger partial charge in [0, 0.05) is 69.5 Å². The molecule has 0 atom stereocenters. The van der Waals surface area contributed by atoms with E-state index in [4.69, 9.17) is 0 Å². The van der Waals surface area contributed by atoms with Crippen molar-refractivity contribution in [3.05, 3.63) is 72.2 Å². The van der Waals surface area contributed by atoms with Crippen molar-refractivity contribution < 1.29 is 27.9 Å². The first-order valence-electron chi connectivity index (χ1n) is 14.7. The van der Waals surface area contributed by atoms with E-state index >= 15 is 0 Å². The zero-order valence-corrected chi connectivity index (χ0v) is 26.1. The smallest absolute Gasteiger partial charge is 0.387 e. The molecule has 46 heavy (non-hydrogen) atoms. The van der Waals surface area contributed by atoms with Gasteiger partial charge in [0.15, 0.2) is 11.5 Å². The highest BCUT2D eigenvalue weighted by Gasteiger charge is 2.24. The minimum atomic E-state index is -2.90. The number of rotatable bonds is 10. The molecule has 12 nitrogen and oxygen atoms in total. The molecule has 1 aliphatic heterocycles. The number of alkyl halides is 2. The maximum atomic E-state index is 13.3. The summed E-state index contributed by atoms with van der Waals surface area (Å²) >= 11 is 0. The molecule has 0 saturated carbocycles. The summed E-state index contributed by atoms with van der Waals surface area (Å²) in [7, 11) is 5.13. The molecule has 3 heterocycles. The Morgan fingerprint density at radius 3 is 2.37 bits per heavy atom. The van der Waals surface area contributed by atoms with Gasteiger partial charge in [0.25, 0.3) is 5.91 Å². The number of nitrogens with one attached hydrogen (secondary N) is 1. The lowest BCUT2D eigenvalue weighted by Gasteiger charge is -2.33. The topological polar surface area (TPSA) is 116 Å². The molecular formula is C32H36F2N8O4. The Labute approximate surface area is 265 Å². The second-order valence-corrected chi connectivity index (χ2v) is 11.3. The van der Waals surface area contributed by atoms with E-state index < -0.39 is 6.61 Å². The largest absolute Gasteiger partial charge is 0.435 e. The van der Waals surface area contributed by atoms with E-state index in [1.54, 1.807) is 74.8 Å². The molecule has 1 N–H and O–H groups in total. The van der Waals surface area contributed by atoms with E-state index in [1.807, 2.05) is 11.4 Å². The van der Waals surface area contributed by atoms with Gasteiger partial charge in [-0.1, -0.05) is 0 Å². The summed E-state index contributed by atoms with van der Waals surface area (Å²) in [6.45, 7) is 1.56. The average molecular weight is 635 g/mol. The average Bonchev–Trinajstić information content (AvgIpc) is 3.46. The van der Waals surface area contributed by atoms with Crippen molar-refractivity contribution in [2.45, 2.75) is 13.5 Å². The molecule has 1 fully saturated rings. The highest BCUT2D eigenvalue weighted by molar-refractivity contribution is 5.98. The van der Waals surface area contributed by atoms with Crippen LogP contribution in [0.15, 0.2) is 61.1 Å². The summed E-state index contributed by atoms with van der Waals surface area (Å²) in [4.78, 5) is 54.3. The molecule has 14 heteroatoms. The SMILES string of the molecule is Cc1cc(Nc2nccn3c(-c4ccc(OC(F)F)cc4)cnc23)ccc1C(=O)N(C)CC(=O)N(C)CC(=O)N1CCN(C)CC1. The van der Waals surface area contributed by atoms with Crippen LogP contribution in [0.5, 0.6) is 5.75 Å². The van der Waals surface area contributed by atoms with E-state index in [-0.39, 0.29) is 36.6 Å². The van der Waals surface area contributed by atoms with E-state index in [2.05, 4.69) is 24.9 Å². The number of benzene rings is 2. The van der Waals surface area contributed by atoms with Crippen LogP contribution in [0.2, 0.25) is 0 Å². The van der Waals surface area contributed by atoms with E-state index in [9.17, 15) is 23.2 Å². The molecule has 0 radical (unpaired) electrons. The first-order valence-corrected chi connectivity index (χ1v) is 14.7. The lowest BCUT2D eigenvalue weighted by Crippen LogP contribution is -2.51. The standard InChI is InChI=1S/C32H36F2N8O4/c1-21-17-23(37-29-30-36-18-26(42(30)12-11-35-29)22-5-8-24(9-6-22)46-32(33)34)7-10-25(21)31(45)40(4)19-27(43)39(3)20-28(44)41-15-13-38(2)14-16-41/h5-12,17-18,32H,13-16,19-20H2,1-4H3,(H,35,37). The molecule has 2 aromatic heterocycles. The van der Waals surface area contributed by atoms with Gasteiger partial charge in [-0.15, -0.1) is 0 Å². The number of anilines is 2. The van der Waals surface area contributed by atoms with Gasteiger partial charge in [-0.2, -0.15) is 8.78 Å². The number of imidazole rings is 1.